The second-order valence-electron chi connectivity index (χ2n) is 6.16. The molecule has 0 unspecified atom stereocenters. The molecule has 0 N–H and O–H groups in total. The molecule has 2 aromatic carbocycles. The SMILES string of the molecule is COC(Cc1nnc(SCc2ccccc2)n1-c1cccc(C(F)(F)F)c1)OC. The van der Waals surface area contributed by atoms with E-state index in [-0.39, 0.29) is 6.42 Å². The maximum atomic E-state index is 13.2. The number of halogens is 3. The van der Waals surface area contributed by atoms with Gasteiger partial charge < -0.3 is 9.47 Å². The normalized spacial score (nSPS) is 11.9. The summed E-state index contributed by atoms with van der Waals surface area (Å²) < 4.78 is 51.7. The number of hydrogen-bond acceptors (Lipinski definition) is 5. The molecule has 29 heavy (non-hydrogen) atoms. The van der Waals surface area contributed by atoms with Gasteiger partial charge in [0, 0.05) is 25.7 Å². The van der Waals surface area contributed by atoms with Gasteiger partial charge in [-0.05, 0) is 23.8 Å². The van der Waals surface area contributed by atoms with E-state index < -0.39 is 18.0 Å². The molecule has 0 saturated carbocycles. The third-order valence-electron chi connectivity index (χ3n) is 4.22. The van der Waals surface area contributed by atoms with Gasteiger partial charge in [-0.3, -0.25) is 4.57 Å². The van der Waals surface area contributed by atoms with E-state index in [2.05, 4.69) is 10.2 Å². The number of hydrogen-bond donors (Lipinski definition) is 0. The molecule has 3 aromatic rings. The quantitative estimate of drug-likeness (QED) is 0.387. The van der Waals surface area contributed by atoms with Crippen LogP contribution >= 0.6 is 11.8 Å². The van der Waals surface area contributed by atoms with E-state index in [1.807, 2.05) is 30.3 Å². The Hall–Kier alpha value is -2.36. The van der Waals surface area contributed by atoms with Gasteiger partial charge in [-0.25, -0.2) is 0 Å². The van der Waals surface area contributed by atoms with Crippen LogP contribution in [0.25, 0.3) is 5.69 Å². The van der Waals surface area contributed by atoms with Crippen molar-refractivity contribution in [3.63, 3.8) is 0 Å². The number of thioether (sulfide) groups is 1. The number of ether oxygens (including phenoxy) is 2. The van der Waals surface area contributed by atoms with Crippen molar-refractivity contribution in [2.45, 2.75) is 29.8 Å². The summed E-state index contributed by atoms with van der Waals surface area (Å²) in [7, 11) is 2.98. The molecule has 1 aromatic heterocycles. The summed E-state index contributed by atoms with van der Waals surface area (Å²) in [6.07, 6.45) is -4.79. The van der Waals surface area contributed by atoms with E-state index in [0.29, 0.717) is 22.4 Å². The van der Waals surface area contributed by atoms with Crippen LogP contribution in [-0.2, 0) is 27.8 Å². The van der Waals surface area contributed by atoms with E-state index in [4.69, 9.17) is 9.47 Å². The molecule has 0 fully saturated rings. The Bertz CT molecular complexity index is 928. The minimum absolute atomic E-state index is 0.238. The summed E-state index contributed by atoms with van der Waals surface area (Å²) >= 11 is 1.40. The second-order valence-corrected chi connectivity index (χ2v) is 7.10. The number of rotatable bonds is 8. The van der Waals surface area contributed by atoms with Crippen molar-refractivity contribution in [1.82, 2.24) is 14.8 Å². The maximum Gasteiger partial charge on any atom is 0.416 e. The summed E-state index contributed by atoms with van der Waals surface area (Å²) in [4.78, 5) is 0. The van der Waals surface area contributed by atoms with Gasteiger partial charge in [-0.15, -0.1) is 10.2 Å². The summed E-state index contributed by atoms with van der Waals surface area (Å²) in [5.41, 5.74) is 0.675. The van der Waals surface area contributed by atoms with Crippen molar-refractivity contribution in [3.8, 4) is 5.69 Å². The van der Waals surface area contributed by atoms with Gasteiger partial charge in [0.15, 0.2) is 11.4 Å². The lowest BCUT2D eigenvalue weighted by Crippen LogP contribution is -2.19. The molecule has 9 heteroatoms. The number of aromatic nitrogens is 3. The highest BCUT2D eigenvalue weighted by molar-refractivity contribution is 7.98. The van der Waals surface area contributed by atoms with Crippen molar-refractivity contribution in [1.29, 1.82) is 0 Å². The third kappa shape index (κ3) is 5.37. The highest BCUT2D eigenvalue weighted by Gasteiger charge is 2.31. The fraction of sp³-hybridized carbons (Fsp3) is 0.300. The molecule has 0 aliphatic rings. The van der Waals surface area contributed by atoms with Crippen molar-refractivity contribution in [2.24, 2.45) is 0 Å². The number of alkyl halides is 3. The van der Waals surface area contributed by atoms with Crippen molar-refractivity contribution in [2.75, 3.05) is 14.2 Å². The first-order chi connectivity index (χ1) is 13.9. The van der Waals surface area contributed by atoms with Gasteiger partial charge in [0.05, 0.1) is 12.0 Å². The molecule has 0 spiro atoms. The third-order valence-corrected chi connectivity index (χ3v) is 5.22. The van der Waals surface area contributed by atoms with E-state index in [1.165, 1.54) is 32.0 Å². The summed E-state index contributed by atoms with van der Waals surface area (Å²) in [5, 5.41) is 8.88. The smallest absolute Gasteiger partial charge is 0.355 e. The Morgan fingerprint density at radius 3 is 2.38 bits per heavy atom. The average molecular weight is 423 g/mol. The van der Waals surface area contributed by atoms with Gasteiger partial charge in [-0.2, -0.15) is 13.2 Å². The lowest BCUT2D eigenvalue weighted by atomic mass is 10.2. The summed E-state index contributed by atoms with van der Waals surface area (Å²) in [5.74, 6) is 1.06. The first-order valence-corrected chi connectivity index (χ1v) is 9.75. The van der Waals surface area contributed by atoms with Gasteiger partial charge >= 0.3 is 6.18 Å². The van der Waals surface area contributed by atoms with Crippen LogP contribution in [0.3, 0.4) is 0 Å². The highest BCUT2D eigenvalue weighted by Crippen LogP contribution is 2.32. The largest absolute Gasteiger partial charge is 0.416 e. The molecule has 1 heterocycles. The van der Waals surface area contributed by atoms with Crippen LogP contribution in [0.4, 0.5) is 13.2 Å². The highest BCUT2D eigenvalue weighted by atomic mass is 32.2. The first-order valence-electron chi connectivity index (χ1n) is 8.76. The lowest BCUT2D eigenvalue weighted by molar-refractivity contribution is -0.137. The van der Waals surface area contributed by atoms with Crippen LogP contribution in [0, 0.1) is 0 Å². The van der Waals surface area contributed by atoms with Gasteiger partial charge in [-0.1, -0.05) is 48.2 Å². The predicted octanol–water partition coefficient (Wildman–Crippen LogP) is 4.74. The molecular weight excluding hydrogens is 403 g/mol. The van der Waals surface area contributed by atoms with E-state index in [1.54, 1.807) is 10.6 Å². The zero-order valence-corrected chi connectivity index (χ0v) is 16.7. The van der Waals surface area contributed by atoms with Crippen LogP contribution in [0.1, 0.15) is 17.0 Å². The molecule has 0 atom stereocenters. The molecular formula is C20H20F3N3O2S. The maximum absolute atomic E-state index is 13.2. The zero-order chi connectivity index (χ0) is 20.9. The van der Waals surface area contributed by atoms with E-state index in [9.17, 15) is 13.2 Å². The molecule has 0 aliphatic carbocycles. The molecule has 0 amide bonds. The Morgan fingerprint density at radius 1 is 1.00 bits per heavy atom. The second kappa shape index (κ2) is 9.43. The standard InChI is InChI=1S/C20H20F3N3O2S/c1-27-18(28-2)12-17-24-25-19(29-13-14-7-4-3-5-8-14)26(17)16-10-6-9-15(11-16)20(21,22)23/h3-11,18H,12-13H2,1-2H3. The van der Waals surface area contributed by atoms with Gasteiger partial charge in [0.2, 0.25) is 0 Å². The monoisotopic (exact) mass is 423 g/mol. The summed E-state index contributed by atoms with van der Waals surface area (Å²) in [6.45, 7) is 0. The van der Waals surface area contributed by atoms with Crippen molar-refractivity contribution in [3.05, 3.63) is 71.5 Å². The average Bonchev–Trinajstić information content (AvgIpc) is 3.13. The molecule has 0 radical (unpaired) electrons. The molecule has 154 valence electrons. The molecule has 5 nitrogen and oxygen atoms in total. The van der Waals surface area contributed by atoms with Crippen LogP contribution in [0.15, 0.2) is 59.8 Å². The minimum atomic E-state index is -4.44. The first kappa shape index (κ1) is 21.4. The molecule has 3 rings (SSSR count). The zero-order valence-electron chi connectivity index (χ0n) is 15.9. The lowest BCUT2D eigenvalue weighted by Gasteiger charge is -2.16. The topological polar surface area (TPSA) is 49.2 Å². The number of nitrogens with zero attached hydrogens (tertiary/aromatic N) is 3. The van der Waals surface area contributed by atoms with Crippen LogP contribution in [0.5, 0.6) is 0 Å². The van der Waals surface area contributed by atoms with Gasteiger partial charge in [0.25, 0.3) is 0 Å². The van der Waals surface area contributed by atoms with E-state index >= 15 is 0 Å². The van der Waals surface area contributed by atoms with Gasteiger partial charge in [0.1, 0.15) is 5.82 Å². The van der Waals surface area contributed by atoms with E-state index in [0.717, 1.165) is 17.7 Å². The minimum Gasteiger partial charge on any atom is -0.355 e. The fourth-order valence-corrected chi connectivity index (χ4v) is 3.67. The molecule has 0 bridgehead atoms. The van der Waals surface area contributed by atoms with Crippen LogP contribution < -0.4 is 0 Å². The number of benzene rings is 2. The Morgan fingerprint density at radius 2 is 1.72 bits per heavy atom. The van der Waals surface area contributed by atoms with Crippen LogP contribution in [-0.4, -0.2) is 35.3 Å². The Balaban J connectivity index is 1.98. The van der Waals surface area contributed by atoms with Crippen LogP contribution in [0.2, 0.25) is 0 Å². The molecule has 0 saturated heterocycles. The van der Waals surface area contributed by atoms with Crippen molar-refractivity contribution < 1.29 is 22.6 Å². The predicted molar refractivity (Wildman–Crippen MR) is 104 cm³/mol. The molecule has 0 aliphatic heterocycles. The summed E-state index contributed by atoms with van der Waals surface area (Å²) in [6, 6.07) is 14.8. The Labute approximate surface area is 170 Å². The fourth-order valence-electron chi connectivity index (χ4n) is 2.74. The number of methoxy groups -OCH3 is 2. The Kier molecular flexibility index (Phi) is 6.94. The van der Waals surface area contributed by atoms with Crippen molar-refractivity contribution >= 4 is 11.8 Å².